The van der Waals surface area contributed by atoms with Crippen molar-refractivity contribution in [2.24, 2.45) is 0 Å². The molecule has 3 atom stereocenters. The lowest BCUT2D eigenvalue weighted by molar-refractivity contribution is -0.156. The number of nitrogens with zero attached hydrogens (tertiary/aromatic N) is 2. The zero-order chi connectivity index (χ0) is 13.7. The lowest BCUT2D eigenvalue weighted by atomic mass is 10.0. The van der Waals surface area contributed by atoms with Gasteiger partial charge in [-0.2, -0.15) is 0 Å². The van der Waals surface area contributed by atoms with E-state index in [0.717, 1.165) is 0 Å². The summed E-state index contributed by atoms with van der Waals surface area (Å²) >= 11 is 5.17. The smallest absolute Gasteiger partial charge is 0.287 e. The minimum atomic E-state index is -0.734. The zero-order valence-electron chi connectivity index (χ0n) is 10.2. The Morgan fingerprint density at radius 3 is 3.15 bits per heavy atom. The molecule has 0 N–H and O–H groups in total. The Labute approximate surface area is 118 Å². The second kappa shape index (κ2) is 4.37. The third-order valence-electron chi connectivity index (χ3n) is 3.43. The molecule has 4 heterocycles. The van der Waals surface area contributed by atoms with Crippen molar-refractivity contribution in [3.63, 3.8) is 0 Å². The summed E-state index contributed by atoms with van der Waals surface area (Å²) in [6.07, 6.45) is 0.824. The summed E-state index contributed by atoms with van der Waals surface area (Å²) in [5.74, 6) is 0.667. The molecule has 0 amide bonds. The van der Waals surface area contributed by atoms with E-state index in [1.54, 1.807) is 12.1 Å². The standard InChI is InChI=1S/C12H10N2O5S/c15-7-4-6(9-5-17-11(7)18-9)14-12(20)19-10(13-14)8-2-1-3-16-8/h1-3,6,9,11H,4-5H2. The predicted octanol–water partition coefficient (Wildman–Crippen LogP) is 1.72. The van der Waals surface area contributed by atoms with Crippen LogP contribution in [0.5, 0.6) is 0 Å². The number of ether oxygens (including phenoxy) is 2. The molecule has 2 aliphatic rings. The fourth-order valence-electron chi connectivity index (χ4n) is 2.47. The van der Waals surface area contributed by atoms with Gasteiger partial charge >= 0.3 is 0 Å². The predicted molar refractivity (Wildman–Crippen MR) is 66.3 cm³/mol. The molecule has 104 valence electrons. The number of fused-ring (bicyclic) bond motifs is 2. The normalized spacial score (nSPS) is 29.0. The van der Waals surface area contributed by atoms with Crippen LogP contribution in [0, 0.1) is 4.84 Å². The van der Waals surface area contributed by atoms with Gasteiger partial charge in [-0.15, -0.1) is 5.10 Å². The minimum absolute atomic E-state index is 0.104. The molecular weight excluding hydrogens is 284 g/mol. The highest BCUT2D eigenvalue weighted by molar-refractivity contribution is 7.71. The molecule has 2 bridgehead atoms. The molecule has 0 spiro atoms. The number of hydrogen-bond donors (Lipinski definition) is 0. The van der Waals surface area contributed by atoms with Gasteiger partial charge in [0.25, 0.3) is 10.7 Å². The van der Waals surface area contributed by atoms with Crippen LogP contribution >= 0.6 is 12.2 Å². The van der Waals surface area contributed by atoms with Gasteiger partial charge in [-0.05, 0) is 24.4 Å². The Morgan fingerprint density at radius 1 is 1.45 bits per heavy atom. The fraction of sp³-hybridized carbons (Fsp3) is 0.417. The summed E-state index contributed by atoms with van der Waals surface area (Å²) in [6.45, 7) is 0.353. The van der Waals surface area contributed by atoms with E-state index in [-0.39, 0.29) is 35.1 Å². The molecular formula is C12H10N2O5S. The van der Waals surface area contributed by atoms with Crippen molar-refractivity contribution >= 4 is 18.0 Å². The highest BCUT2D eigenvalue weighted by Crippen LogP contribution is 2.33. The van der Waals surface area contributed by atoms with E-state index >= 15 is 0 Å². The van der Waals surface area contributed by atoms with Crippen LogP contribution in [0.4, 0.5) is 0 Å². The molecule has 3 unspecified atom stereocenters. The van der Waals surface area contributed by atoms with Crippen LogP contribution in [-0.2, 0) is 14.3 Å². The lowest BCUT2D eigenvalue weighted by Crippen LogP contribution is -2.37. The number of aromatic nitrogens is 2. The molecule has 0 aliphatic carbocycles. The van der Waals surface area contributed by atoms with Crippen molar-refractivity contribution in [1.29, 1.82) is 0 Å². The maximum Gasteiger partial charge on any atom is 0.287 e. The van der Waals surface area contributed by atoms with E-state index in [2.05, 4.69) is 5.10 Å². The third kappa shape index (κ3) is 1.76. The van der Waals surface area contributed by atoms with Crippen molar-refractivity contribution in [3.05, 3.63) is 23.2 Å². The minimum Gasteiger partial charge on any atom is -0.459 e. The van der Waals surface area contributed by atoms with Gasteiger partial charge in [0.2, 0.25) is 6.29 Å². The summed E-state index contributed by atoms with van der Waals surface area (Å²) in [4.78, 5) is 12.0. The number of Topliss-reactive ketones (excluding diaryl/α,β-unsaturated/α-hetero) is 1. The maximum atomic E-state index is 11.8. The molecule has 0 aromatic carbocycles. The average Bonchev–Trinajstić information content (AvgIpc) is 3.15. The van der Waals surface area contributed by atoms with E-state index in [9.17, 15) is 4.79 Å². The first-order valence-electron chi connectivity index (χ1n) is 6.15. The van der Waals surface area contributed by atoms with Crippen LogP contribution < -0.4 is 0 Å². The Hall–Kier alpha value is -1.77. The highest BCUT2D eigenvalue weighted by atomic mass is 32.1. The first-order valence-corrected chi connectivity index (χ1v) is 6.56. The van der Waals surface area contributed by atoms with Crippen LogP contribution in [-0.4, -0.2) is 34.6 Å². The third-order valence-corrected chi connectivity index (χ3v) is 3.70. The number of ketones is 1. The lowest BCUT2D eigenvalue weighted by Gasteiger charge is -2.25. The van der Waals surface area contributed by atoms with Gasteiger partial charge in [-0.1, -0.05) is 0 Å². The highest BCUT2D eigenvalue weighted by Gasteiger charge is 2.45. The Bertz CT molecular complexity index is 704. The average molecular weight is 294 g/mol. The van der Waals surface area contributed by atoms with Gasteiger partial charge in [0.05, 0.1) is 18.9 Å². The molecule has 7 nitrogen and oxygen atoms in total. The Kier molecular flexibility index (Phi) is 2.62. The molecule has 2 aromatic rings. The van der Waals surface area contributed by atoms with Gasteiger partial charge in [0, 0.05) is 6.42 Å². The quantitative estimate of drug-likeness (QED) is 0.780. The second-order valence-corrected chi connectivity index (χ2v) is 5.02. The SMILES string of the molecule is O=C1CC(n2nc(-c3ccco3)oc2=S)C2COC1O2. The molecule has 20 heavy (non-hydrogen) atoms. The largest absolute Gasteiger partial charge is 0.459 e. The van der Waals surface area contributed by atoms with Gasteiger partial charge in [0.1, 0.15) is 6.10 Å². The molecule has 2 aliphatic heterocycles. The van der Waals surface area contributed by atoms with Crippen molar-refractivity contribution in [2.75, 3.05) is 6.61 Å². The number of carbonyl (C=O) groups is 1. The van der Waals surface area contributed by atoms with Crippen molar-refractivity contribution < 1.29 is 23.1 Å². The zero-order valence-corrected chi connectivity index (χ0v) is 11.0. The molecule has 2 saturated heterocycles. The monoisotopic (exact) mass is 294 g/mol. The van der Waals surface area contributed by atoms with Gasteiger partial charge in [-0.3, -0.25) is 4.79 Å². The van der Waals surface area contributed by atoms with Crippen LogP contribution in [0.3, 0.4) is 0 Å². The van der Waals surface area contributed by atoms with Crippen molar-refractivity contribution in [1.82, 2.24) is 9.78 Å². The molecule has 2 fully saturated rings. The van der Waals surface area contributed by atoms with Gasteiger partial charge in [0.15, 0.2) is 11.5 Å². The molecule has 8 heteroatoms. The number of hydrogen-bond acceptors (Lipinski definition) is 7. The molecule has 4 rings (SSSR count). The maximum absolute atomic E-state index is 11.8. The number of furan rings is 1. The molecule has 0 saturated carbocycles. The van der Waals surface area contributed by atoms with E-state index in [1.807, 2.05) is 0 Å². The molecule has 2 aromatic heterocycles. The first kappa shape index (κ1) is 12.0. The Balaban J connectivity index is 1.72. The number of carbonyl (C=O) groups excluding carboxylic acids is 1. The van der Waals surface area contributed by atoms with E-state index in [1.165, 1.54) is 10.9 Å². The van der Waals surface area contributed by atoms with E-state index in [0.29, 0.717) is 12.4 Å². The van der Waals surface area contributed by atoms with Gasteiger partial charge < -0.3 is 18.3 Å². The second-order valence-electron chi connectivity index (χ2n) is 4.67. The summed E-state index contributed by atoms with van der Waals surface area (Å²) in [5, 5.41) is 4.29. The van der Waals surface area contributed by atoms with Crippen molar-refractivity contribution in [3.8, 4) is 11.7 Å². The van der Waals surface area contributed by atoms with E-state index in [4.69, 9.17) is 30.5 Å². The number of rotatable bonds is 2. The summed E-state index contributed by atoms with van der Waals surface area (Å²) in [5.41, 5.74) is 0. The summed E-state index contributed by atoms with van der Waals surface area (Å²) in [7, 11) is 0. The molecule has 0 radical (unpaired) electrons. The topological polar surface area (TPSA) is 79.6 Å². The van der Waals surface area contributed by atoms with Crippen LogP contribution in [0.25, 0.3) is 11.7 Å². The first-order chi connectivity index (χ1) is 9.72. The Morgan fingerprint density at radius 2 is 2.35 bits per heavy atom. The summed E-state index contributed by atoms with van der Waals surface area (Å²) < 4.78 is 22.9. The van der Waals surface area contributed by atoms with Crippen LogP contribution in [0.15, 0.2) is 27.2 Å². The summed E-state index contributed by atoms with van der Waals surface area (Å²) in [6, 6.07) is 3.15. The van der Waals surface area contributed by atoms with Crippen LogP contribution in [0.1, 0.15) is 12.5 Å². The van der Waals surface area contributed by atoms with Crippen LogP contribution in [0.2, 0.25) is 0 Å². The van der Waals surface area contributed by atoms with E-state index < -0.39 is 6.29 Å². The fourth-order valence-corrected chi connectivity index (χ4v) is 2.72. The van der Waals surface area contributed by atoms with Crippen molar-refractivity contribution in [2.45, 2.75) is 24.9 Å². The van der Waals surface area contributed by atoms with Gasteiger partial charge in [-0.25, -0.2) is 4.68 Å².